The molecule has 2 aromatic heterocycles. The monoisotopic (exact) mass is 373 g/mol. The van der Waals surface area contributed by atoms with Gasteiger partial charge in [0, 0.05) is 29.9 Å². The number of fused-ring (bicyclic) bond motifs is 1. The highest BCUT2D eigenvalue weighted by Crippen LogP contribution is 2.26. The van der Waals surface area contributed by atoms with Crippen molar-refractivity contribution in [3.63, 3.8) is 0 Å². The number of nitrogens with one attached hydrogen (secondary N) is 2. The van der Waals surface area contributed by atoms with Gasteiger partial charge in [0.1, 0.15) is 5.56 Å². The van der Waals surface area contributed by atoms with E-state index in [0.29, 0.717) is 30.0 Å². The van der Waals surface area contributed by atoms with Crippen molar-refractivity contribution in [2.45, 2.75) is 0 Å². The van der Waals surface area contributed by atoms with E-state index in [1.807, 2.05) is 48.5 Å². The minimum absolute atomic E-state index is 0.131. The second kappa shape index (κ2) is 6.34. The quantitative estimate of drug-likeness (QED) is 0.575. The largest absolute Gasteiger partial charge is 0.336 e. The summed E-state index contributed by atoms with van der Waals surface area (Å²) in [6, 6.07) is 16.4. The van der Waals surface area contributed by atoms with Gasteiger partial charge in [-0.05, 0) is 29.7 Å². The molecule has 138 valence electrons. The van der Waals surface area contributed by atoms with Gasteiger partial charge in [-0.1, -0.05) is 35.5 Å². The third kappa shape index (κ3) is 2.71. The molecule has 2 N–H and O–H groups in total. The first kappa shape index (κ1) is 16.2. The van der Waals surface area contributed by atoms with Gasteiger partial charge in [0.2, 0.25) is 5.82 Å². The molecule has 8 heteroatoms. The Morgan fingerprint density at radius 1 is 1.04 bits per heavy atom. The summed E-state index contributed by atoms with van der Waals surface area (Å²) in [6.45, 7) is 1.21. The fourth-order valence-electron chi connectivity index (χ4n) is 3.29. The van der Waals surface area contributed by atoms with Crippen molar-refractivity contribution < 1.29 is 9.32 Å². The van der Waals surface area contributed by atoms with Gasteiger partial charge in [0.05, 0.1) is 0 Å². The molecule has 1 aliphatic heterocycles. The van der Waals surface area contributed by atoms with Crippen LogP contribution < -0.4 is 15.8 Å². The Morgan fingerprint density at radius 3 is 2.79 bits per heavy atom. The molecule has 0 aliphatic carbocycles. The maximum atomic E-state index is 12.4. The van der Waals surface area contributed by atoms with Crippen molar-refractivity contribution in [2.75, 3.05) is 18.0 Å². The highest BCUT2D eigenvalue weighted by molar-refractivity contribution is 5.94. The Morgan fingerprint density at radius 2 is 1.93 bits per heavy atom. The van der Waals surface area contributed by atoms with Crippen LogP contribution in [0.2, 0.25) is 0 Å². The minimum atomic E-state index is -0.295. The van der Waals surface area contributed by atoms with Crippen molar-refractivity contribution in [3.8, 4) is 22.8 Å². The average Bonchev–Trinajstić information content (AvgIpc) is 3.37. The van der Waals surface area contributed by atoms with Gasteiger partial charge in [0.15, 0.2) is 0 Å². The van der Waals surface area contributed by atoms with Crippen LogP contribution >= 0.6 is 0 Å². The second-order valence-electron chi connectivity index (χ2n) is 6.46. The number of aromatic nitrogens is 3. The number of nitrogens with zero attached hydrogens (tertiary/aromatic N) is 3. The second-order valence-corrected chi connectivity index (χ2v) is 6.46. The van der Waals surface area contributed by atoms with Gasteiger partial charge in [-0.15, -0.1) is 0 Å². The van der Waals surface area contributed by atoms with Crippen LogP contribution in [0.5, 0.6) is 0 Å². The van der Waals surface area contributed by atoms with Crippen molar-refractivity contribution in [3.05, 3.63) is 65.0 Å². The van der Waals surface area contributed by atoms with Gasteiger partial charge < -0.3 is 14.8 Å². The number of para-hydroxylation sites is 1. The molecule has 2 aromatic carbocycles. The minimum Gasteiger partial charge on any atom is -0.336 e. The number of amides is 2. The van der Waals surface area contributed by atoms with E-state index in [2.05, 4.69) is 20.4 Å². The maximum absolute atomic E-state index is 12.4. The van der Waals surface area contributed by atoms with E-state index in [4.69, 9.17) is 4.52 Å². The fraction of sp³-hybridized carbons (Fsp3) is 0.100. The molecule has 1 saturated heterocycles. The highest BCUT2D eigenvalue weighted by Gasteiger charge is 2.22. The van der Waals surface area contributed by atoms with Crippen LogP contribution in [0.25, 0.3) is 33.7 Å². The highest BCUT2D eigenvalue weighted by atomic mass is 16.5. The molecule has 0 unspecified atom stereocenters. The number of aromatic amines is 1. The molecule has 5 rings (SSSR count). The van der Waals surface area contributed by atoms with Crippen molar-refractivity contribution >= 4 is 22.6 Å². The smallest absolute Gasteiger partial charge is 0.321 e. The molecule has 4 aromatic rings. The number of H-pyrrole nitrogens is 1. The molecule has 0 radical (unpaired) electrons. The Kier molecular flexibility index (Phi) is 3.68. The predicted molar refractivity (Wildman–Crippen MR) is 104 cm³/mol. The van der Waals surface area contributed by atoms with Crippen LogP contribution in [0, 0.1) is 0 Å². The number of anilines is 1. The topological polar surface area (TPSA) is 104 Å². The lowest BCUT2D eigenvalue weighted by atomic mass is 10.1. The van der Waals surface area contributed by atoms with Crippen LogP contribution in [0.4, 0.5) is 10.5 Å². The molecular formula is C20H15N5O3. The van der Waals surface area contributed by atoms with E-state index in [1.54, 1.807) is 11.0 Å². The van der Waals surface area contributed by atoms with Gasteiger partial charge >= 0.3 is 6.03 Å². The zero-order valence-corrected chi connectivity index (χ0v) is 14.7. The average molecular weight is 373 g/mol. The van der Waals surface area contributed by atoms with Gasteiger partial charge in [-0.2, -0.15) is 4.98 Å². The number of pyridine rings is 1. The summed E-state index contributed by atoms with van der Waals surface area (Å²) in [7, 11) is 0. The summed E-state index contributed by atoms with van der Waals surface area (Å²) in [5.74, 6) is 0.496. The fourth-order valence-corrected chi connectivity index (χ4v) is 3.29. The van der Waals surface area contributed by atoms with E-state index >= 15 is 0 Å². The Hall–Kier alpha value is -3.94. The molecule has 0 saturated carbocycles. The number of carbonyl (C=O) groups is 1. The first-order valence-electron chi connectivity index (χ1n) is 8.81. The van der Waals surface area contributed by atoms with E-state index in [-0.39, 0.29) is 17.5 Å². The standard InChI is InChI=1S/C20H15N5O3/c26-18-15(11-12-4-1-2-7-16(12)22-18)19-23-17(24-28-19)13-5-3-6-14(10-13)25-9-8-21-20(25)27/h1-7,10-11H,8-9H2,(H,21,27)(H,22,26). The van der Waals surface area contributed by atoms with Crippen LogP contribution in [0.1, 0.15) is 0 Å². The molecule has 2 amide bonds. The van der Waals surface area contributed by atoms with Crippen LogP contribution in [0.15, 0.2) is 63.9 Å². The lowest BCUT2D eigenvalue weighted by Gasteiger charge is -2.14. The normalized spacial score (nSPS) is 13.9. The number of rotatable bonds is 3. The van der Waals surface area contributed by atoms with E-state index < -0.39 is 0 Å². The number of hydrogen-bond acceptors (Lipinski definition) is 5. The Labute approximate surface area is 158 Å². The first-order valence-corrected chi connectivity index (χ1v) is 8.81. The van der Waals surface area contributed by atoms with Gasteiger partial charge in [-0.25, -0.2) is 4.79 Å². The SMILES string of the molecule is O=C1NCCN1c1cccc(-c2noc(-c3cc4ccccc4[nH]c3=O)n2)c1. The molecule has 1 aliphatic rings. The van der Waals surface area contributed by atoms with Crippen molar-refractivity contribution in [1.29, 1.82) is 0 Å². The number of benzene rings is 2. The summed E-state index contributed by atoms with van der Waals surface area (Å²) >= 11 is 0. The third-order valence-corrected chi connectivity index (χ3v) is 4.68. The number of hydrogen-bond donors (Lipinski definition) is 2. The lowest BCUT2D eigenvalue weighted by molar-refractivity contribution is 0.252. The van der Waals surface area contributed by atoms with E-state index in [1.165, 1.54) is 0 Å². The summed E-state index contributed by atoms with van der Waals surface area (Å²) in [6.07, 6.45) is 0. The van der Waals surface area contributed by atoms with Crippen LogP contribution in [-0.2, 0) is 0 Å². The zero-order valence-electron chi connectivity index (χ0n) is 14.7. The molecule has 8 nitrogen and oxygen atoms in total. The molecule has 0 spiro atoms. The van der Waals surface area contributed by atoms with E-state index in [0.717, 1.165) is 16.6 Å². The summed E-state index contributed by atoms with van der Waals surface area (Å²) in [5.41, 5.74) is 2.21. The van der Waals surface area contributed by atoms with E-state index in [9.17, 15) is 9.59 Å². The third-order valence-electron chi connectivity index (χ3n) is 4.68. The van der Waals surface area contributed by atoms with Crippen LogP contribution in [-0.4, -0.2) is 34.2 Å². The van der Waals surface area contributed by atoms with Crippen molar-refractivity contribution in [2.24, 2.45) is 0 Å². The Bertz CT molecular complexity index is 1260. The maximum Gasteiger partial charge on any atom is 0.321 e. The number of urea groups is 1. The van der Waals surface area contributed by atoms with Gasteiger partial charge in [-0.3, -0.25) is 9.69 Å². The summed E-state index contributed by atoms with van der Waals surface area (Å²) < 4.78 is 5.35. The van der Waals surface area contributed by atoms with Crippen molar-refractivity contribution in [1.82, 2.24) is 20.4 Å². The first-order chi connectivity index (χ1) is 13.7. The lowest BCUT2D eigenvalue weighted by Crippen LogP contribution is -2.27. The zero-order chi connectivity index (χ0) is 19.1. The molecule has 1 fully saturated rings. The molecule has 0 atom stereocenters. The predicted octanol–water partition coefficient (Wildman–Crippen LogP) is 2.77. The molecule has 28 heavy (non-hydrogen) atoms. The molecule has 3 heterocycles. The van der Waals surface area contributed by atoms with Crippen LogP contribution in [0.3, 0.4) is 0 Å². The summed E-state index contributed by atoms with van der Waals surface area (Å²) in [4.78, 5) is 33.2. The summed E-state index contributed by atoms with van der Waals surface area (Å²) in [5, 5.41) is 7.66. The molecular weight excluding hydrogens is 358 g/mol. The Balaban J connectivity index is 1.53. The molecule has 0 bridgehead atoms. The number of carbonyl (C=O) groups excluding carboxylic acids is 1. The van der Waals surface area contributed by atoms with Gasteiger partial charge in [0.25, 0.3) is 11.4 Å².